The van der Waals surface area contributed by atoms with Crippen molar-refractivity contribution in [2.45, 2.75) is 84.6 Å². The fourth-order valence-electron chi connectivity index (χ4n) is 3.22. The average molecular weight is 239 g/mol. The molecule has 0 aliphatic heterocycles. The van der Waals surface area contributed by atoms with Crippen LogP contribution in [0, 0.1) is 17.8 Å². The fourth-order valence-corrected chi connectivity index (χ4v) is 3.22. The minimum absolute atomic E-state index is 0.470. The lowest BCUT2D eigenvalue weighted by Gasteiger charge is -2.33. The lowest BCUT2D eigenvalue weighted by Crippen LogP contribution is -2.34. The number of hydrogen-bond acceptors (Lipinski definition) is 1. The third-order valence-electron chi connectivity index (χ3n) is 4.83. The molecule has 0 aromatic heterocycles. The molecule has 1 aliphatic rings. The van der Waals surface area contributed by atoms with Gasteiger partial charge in [0.05, 0.1) is 0 Å². The summed E-state index contributed by atoms with van der Waals surface area (Å²) in [6, 6.07) is 0.470. The van der Waals surface area contributed by atoms with Crippen molar-refractivity contribution in [3.8, 4) is 0 Å². The first-order valence-corrected chi connectivity index (χ1v) is 7.92. The van der Waals surface area contributed by atoms with Crippen LogP contribution in [0.4, 0.5) is 0 Å². The van der Waals surface area contributed by atoms with Crippen molar-refractivity contribution >= 4 is 0 Å². The summed E-state index contributed by atoms with van der Waals surface area (Å²) in [6.45, 7) is 6.92. The van der Waals surface area contributed by atoms with Gasteiger partial charge in [-0.1, -0.05) is 59.3 Å². The van der Waals surface area contributed by atoms with Crippen LogP contribution in [0.3, 0.4) is 0 Å². The Balaban J connectivity index is 2.21. The van der Waals surface area contributed by atoms with Gasteiger partial charge in [0, 0.05) is 6.04 Å². The van der Waals surface area contributed by atoms with Crippen LogP contribution in [-0.4, -0.2) is 6.04 Å². The third-order valence-corrected chi connectivity index (χ3v) is 4.83. The van der Waals surface area contributed by atoms with E-state index in [1.54, 1.807) is 0 Å². The maximum absolute atomic E-state index is 6.37. The molecule has 102 valence electrons. The highest BCUT2D eigenvalue weighted by molar-refractivity contribution is 4.80. The highest BCUT2D eigenvalue weighted by Gasteiger charge is 2.25. The fraction of sp³-hybridized carbons (Fsp3) is 1.00. The molecule has 0 aromatic carbocycles. The van der Waals surface area contributed by atoms with E-state index in [9.17, 15) is 0 Å². The molecular weight excluding hydrogens is 206 g/mol. The van der Waals surface area contributed by atoms with Crippen LogP contribution in [0.1, 0.15) is 78.6 Å². The van der Waals surface area contributed by atoms with E-state index in [-0.39, 0.29) is 0 Å². The van der Waals surface area contributed by atoms with Crippen LogP contribution in [-0.2, 0) is 0 Å². The summed E-state index contributed by atoms with van der Waals surface area (Å²) in [5.74, 6) is 2.65. The molecule has 1 nitrogen and oxygen atoms in total. The molecule has 1 aliphatic carbocycles. The summed E-state index contributed by atoms with van der Waals surface area (Å²) in [6.07, 6.45) is 12.4. The Morgan fingerprint density at radius 3 is 2.29 bits per heavy atom. The summed E-state index contributed by atoms with van der Waals surface area (Å²) in [4.78, 5) is 0. The van der Waals surface area contributed by atoms with Gasteiger partial charge >= 0.3 is 0 Å². The van der Waals surface area contributed by atoms with Gasteiger partial charge in [0.15, 0.2) is 0 Å². The van der Waals surface area contributed by atoms with Crippen LogP contribution < -0.4 is 5.73 Å². The summed E-state index contributed by atoms with van der Waals surface area (Å²) >= 11 is 0. The van der Waals surface area contributed by atoms with Crippen molar-refractivity contribution in [2.24, 2.45) is 23.5 Å². The molecule has 0 heterocycles. The first kappa shape index (κ1) is 15.0. The Kier molecular flexibility index (Phi) is 7.18. The van der Waals surface area contributed by atoms with Gasteiger partial charge in [-0.15, -0.1) is 0 Å². The average Bonchev–Trinajstić information content (AvgIpc) is 2.36. The number of unbranched alkanes of at least 4 members (excludes halogenated alkanes) is 1. The first-order chi connectivity index (χ1) is 8.17. The predicted octanol–water partition coefficient (Wildman–Crippen LogP) is 4.75. The van der Waals surface area contributed by atoms with Gasteiger partial charge in [-0.25, -0.2) is 0 Å². The highest BCUT2D eigenvalue weighted by atomic mass is 14.7. The molecule has 0 aromatic rings. The number of hydrogen-bond donors (Lipinski definition) is 1. The molecule has 2 unspecified atom stereocenters. The summed E-state index contributed by atoms with van der Waals surface area (Å²) in [5, 5.41) is 0. The van der Waals surface area contributed by atoms with Crippen LogP contribution in [0.25, 0.3) is 0 Å². The summed E-state index contributed by atoms with van der Waals surface area (Å²) in [5.41, 5.74) is 6.37. The second-order valence-corrected chi connectivity index (χ2v) is 6.34. The molecular formula is C16H33N. The van der Waals surface area contributed by atoms with E-state index in [2.05, 4.69) is 20.8 Å². The van der Waals surface area contributed by atoms with Crippen molar-refractivity contribution in [1.29, 1.82) is 0 Å². The topological polar surface area (TPSA) is 26.0 Å². The van der Waals surface area contributed by atoms with Crippen molar-refractivity contribution in [1.82, 2.24) is 0 Å². The molecule has 17 heavy (non-hydrogen) atoms. The number of rotatable bonds is 7. The predicted molar refractivity (Wildman–Crippen MR) is 77.0 cm³/mol. The van der Waals surface area contributed by atoms with Crippen molar-refractivity contribution in [3.05, 3.63) is 0 Å². The SMILES string of the molecule is CCCCC1CCC(C(N)CC(C)CC)CC1. The van der Waals surface area contributed by atoms with E-state index in [0.29, 0.717) is 6.04 Å². The van der Waals surface area contributed by atoms with Gasteiger partial charge in [-0.2, -0.15) is 0 Å². The Hall–Kier alpha value is -0.0400. The van der Waals surface area contributed by atoms with Gasteiger partial charge in [0.25, 0.3) is 0 Å². The van der Waals surface area contributed by atoms with Crippen LogP contribution in [0.5, 0.6) is 0 Å². The lowest BCUT2D eigenvalue weighted by molar-refractivity contribution is 0.216. The van der Waals surface area contributed by atoms with E-state index in [1.165, 1.54) is 57.8 Å². The van der Waals surface area contributed by atoms with Gasteiger partial charge in [0.2, 0.25) is 0 Å². The van der Waals surface area contributed by atoms with Gasteiger partial charge < -0.3 is 5.73 Å². The van der Waals surface area contributed by atoms with E-state index < -0.39 is 0 Å². The molecule has 1 rings (SSSR count). The Morgan fingerprint density at radius 2 is 1.76 bits per heavy atom. The largest absolute Gasteiger partial charge is 0.327 e. The van der Waals surface area contributed by atoms with E-state index in [4.69, 9.17) is 5.73 Å². The van der Waals surface area contributed by atoms with E-state index in [0.717, 1.165) is 17.8 Å². The normalized spacial score (nSPS) is 28.9. The quantitative estimate of drug-likeness (QED) is 0.682. The molecule has 2 atom stereocenters. The summed E-state index contributed by atoms with van der Waals surface area (Å²) in [7, 11) is 0. The zero-order valence-electron chi connectivity index (χ0n) is 12.3. The molecule has 0 bridgehead atoms. The van der Waals surface area contributed by atoms with Crippen molar-refractivity contribution in [3.63, 3.8) is 0 Å². The van der Waals surface area contributed by atoms with Gasteiger partial charge in [-0.3, -0.25) is 0 Å². The molecule has 0 amide bonds. The number of nitrogens with two attached hydrogens (primary N) is 1. The maximum atomic E-state index is 6.37. The maximum Gasteiger partial charge on any atom is 0.00696 e. The zero-order chi connectivity index (χ0) is 12.7. The molecule has 1 fully saturated rings. The second-order valence-electron chi connectivity index (χ2n) is 6.34. The Morgan fingerprint density at radius 1 is 1.12 bits per heavy atom. The van der Waals surface area contributed by atoms with E-state index >= 15 is 0 Å². The first-order valence-electron chi connectivity index (χ1n) is 7.92. The molecule has 0 radical (unpaired) electrons. The molecule has 1 saturated carbocycles. The highest BCUT2D eigenvalue weighted by Crippen LogP contribution is 2.34. The van der Waals surface area contributed by atoms with E-state index in [1.807, 2.05) is 0 Å². The third kappa shape index (κ3) is 5.42. The Labute approximate surface area is 109 Å². The minimum atomic E-state index is 0.470. The molecule has 0 saturated heterocycles. The van der Waals surface area contributed by atoms with Crippen molar-refractivity contribution in [2.75, 3.05) is 0 Å². The van der Waals surface area contributed by atoms with Gasteiger partial charge in [-0.05, 0) is 37.0 Å². The van der Waals surface area contributed by atoms with Crippen molar-refractivity contribution < 1.29 is 0 Å². The second kappa shape index (κ2) is 8.13. The zero-order valence-corrected chi connectivity index (χ0v) is 12.3. The summed E-state index contributed by atoms with van der Waals surface area (Å²) < 4.78 is 0. The monoisotopic (exact) mass is 239 g/mol. The Bertz CT molecular complexity index is 182. The standard InChI is InChI=1S/C16H33N/c1-4-6-7-14-8-10-15(11-9-14)16(17)12-13(3)5-2/h13-16H,4-12,17H2,1-3H3. The van der Waals surface area contributed by atoms with Crippen LogP contribution in [0.15, 0.2) is 0 Å². The van der Waals surface area contributed by atoms with Crippen LogP contribution >= 0.6 is 0 Å². The minimum Gasteiger partial charge on any atom is -0.327 e. The lowest BCUT2D eigenvalue weighted by atomic mass is 9.75. The molecule has 0 spiro atoms. The molecule has 2 N–H and O–H groups in total. The van der Waals surface area contributed by atoms with Gasteiger partial charge in [0.1, 0.15) is 0 Å². The smallest absolute Gasteiger partial charge is 0.00696 e. The molecule has 1 heteroatoms. The van der Waals surface area contributed by atoms with Crippen LogP contribution in [0.2, 0.25) is 0 Å².